The van der Waals surface area contributed by atoms with Crippen molar-refractivity contribution in [1.82, 2.24) is 19.9 Å². The Bertz CT molecular complexity index is 1410. The Kier molecular flexibility index (Phi) is 5.09. The van der Waals surface area contributed by atoms with Gasteiger partial charge in [0.1, 0.15) is 11.5 Å². The normalized spacial score (nSPS) is 11.2. The molecule has 0 saturated carbocycles. The van der Waals surface area contributed by atoms with Gasteiger partial charge < -0.3 is 4.98 Å². The number of pyridine rings is 1. The van der Waals surface area contributed by atoms with E-state index in [0.29, 0.717) is 35.4 Å². The van der Waals surface area contributed by atoms with Crippen molar-refractivity contribution >= 4 is 44.7 Å². The molecular formula is C24H18N4O2S. The Hall–Kier alpha value is -3.71. The third-order valence-electron chi connectivity index (χ3n) is 5.16. The number of Topliss-reactive ketones (excluding diaryl/α,β-unsaturated/α-hetero) is 2. The van der Waals surface area contributed by atoms with Crippen molar-refractivity contribution < 1.29 is 9.59 Å². The quantitative estimate of drug-likeness (QED) is 0.377. The number of fused-ring (bicyclic) bond motifs is 2. The summed E-state index contributed by atoms with van der Waals surface area (Å²) in [5.41, 5.74) is 2.31. The molecule has 0 bridgehead atoms. The molecule has 3 aromatic heterocycles. The lowest BCUT2D eigenvalue weighted by Crippen LogP contribution is -2.07. The Labute approximate surface area is 182 Å². The van der Waals surface area contributed by atoms with Crippen LogP contribution in [0.3, 0.4) is 0 Å². The number of H-pyrrole nitrogens is 1. The molecule has 6 nitrogen and oxygen atoms in total. The Balaban J connectivity index is 1.37. The van der Waals surface area contributed by atoms with E-state index in [0.717, 1.165) is 21.3 Å². The number of carbonyl (C=O) groups excluding carboxylic acids is 2. The predicted octanol–water partition coefficient (Wildman–Crippen LogP) is 4.81. The lowest BCUT2D eigenvalue weighted by Gasteiger charge is -2.01. The van der Waals surface area contributed by atoms with E-state index in [4.69, 9.17) is 0 Å². The van der Waals surface area contributed by atoms with Crippen molar-refractivity contribution in [3.63, 3.8) is 0 Å². The molecular weight excluding hydrogens is 408 g/mol. The van der Waals surface area contributed by atoms with Gasteiger partial charge in [0.05, 0.1) is 22.5 Å². The summed E-state index contributed by atoms with van der Waals surface area (Å²) in [7, 11) is 0. The summed E-state index contributed by atoms with van der Waals surface area (Å²) < 4.78 is 0. The van der Waals surface area contributed by atoms with Gasteiger partial charge in [0.2, 0.25) is 0 Å². The van der Waals surface area contributed by atoms with Crippen LogP contribution in [0.4, 0.5) is 0 Å². The SMILES string of the molecule is O=C(Cc1nc2c(C(=O)CCc3nccs3)cccc2[nH]1)c1cc2ccccc2cn1. The van der Waals surface area contributed by atoms with Crippen molar-refractivity contribution in [3.05, 3.63) is 88.4 Å². The smallest absolute Gasteiger partial charge is 0.188 e. The summed E-state index contributed by atoms with van der Waals surface area (Å²) in [6.45, 7) is 0. The molecule has 0 fully saturated rings. The van der Waals surface area contributed by atoms with Crippen molar-refractivity contribution in [2.24, 2.45) is 0 Å². The van der Waals surface area contributed by atoms with E-state index in [-0.39, 0.29) is 18.0 Å². The molecule has 0 aliphatic heterocycles. The molecule has 0 atom stereocenters. The fourth-order valence-corrected chi connectivity index (χ4v) is 4.22. The summed E-state index contributed by atoms with van der Waals surface area (Å²) in [5.74, 6) is 0.415. The Morgan fingerprint density at radius 2 is 1.84 bits per heavy atom. The zero-order chi connectivity index (χ0) is 21.2. The van der Waals surface area contributed by atoms with Gasteiger partial charge >= 0.3 is 0 Å². The maximum Gasteiger partial charge on any atom is 0.188 e. The van der Waals surface area contributed by atoms with E-state index in [2.05, 4.69) is 19.9 Å². The number of benzene rings is 2. The van der Waals surface area contributed by atoms with Gasteiger partial charge in [-0.2, -0.15) is 0 Å². The first-order valence-electron chi connectivity index (χ1n) is 9.94. The van der Waals surface area contributed by atoms with Gasteiger partial charge in [0.15, 0.2) is 11.6 Å². The summed E-state index contributed by atoms with van der Waals surface area (Å²) in [6, 6.07) is 15.1. The highest BCUT2D eigenvalue weighted by Crippen LogP contribution is 2.21. The van der Waals surface area contributed by atoms with Crippen LogP contribution in [-0.2, 0) is 12.8 Å². The lowest BCUT2D eigenvalue weighted by atomic mass is 10.1. The number of aryl methyl sites for hydroxylation is 1. The summed E-state index contributed by atoms with van der Waals surface area (Å²) in [5, 5.41) is 4.81. The van der Waals surface area contributed by atoms with Gasteiger partial charge in [-0.1, -0.05) is 30.3 Å². The average molecular weight is 427 g/mol. The number of aromatic amines is 1. The van der Waals surface area contributed by atoms with Crippen molar-refractivity contribution in [1.29, 1.82) is 0 Å². The minimum absolute atomic E-state index is 0.0152. The number of hydrogen-bond donors (Lipinski definition) is 1. The van der Waals surface area contributed by atoms with E-state index < -0.39 is 0 Å². The number of nitrogens with zero attached hydrogens (tertiary/aromatic N) is 3. The van der Waals surface area contributed by atoms with Crippen LogP contribution in [-0.4, -0.2) is 31.5 Å². The van der Waals surface area contributed by atoms with E-state index in [1.807, 2.05) is 41.8 Å². The van der Waals surface area contributed by atoms with Crippen molar-refractivity contribution in [2.75, 3.05) is 0 Å². The third kappa shape index (κ3) is 4.00. The zero-order valence-electron chi connectivity index (χ0n) is 16.5. The summed E-state index contributed by atoms with van der Waals surface area (Å²) in [6.07, 6.45) is 4.52. The molecule has 0 amide bonds. The first-order valence-corrected chi connectivity index (χ1v) is 10.8. The second-order valence-electron chi connectivity index (χ2n) is 7.25. The maximum absolute atomic E-state index is 12.8. The molecule has 2 aromatic carbocycles. The number of thiazole rings is 1. The minimum atomic E-state index is -0.124. The summed E-state index contributed by atoms with van der Waals surface area (Å²) in [4.78, 5) is 41.8. The monoisotopic (exact) mass is 426 g/mol. The molecule has 5 aromatic rings. The molecule has 5 rings (SSSR count). The molecule has 31 heavy (non-hydrogen) atoms. The van der Waals surface area contributed by atoms with Crippen LogP contribution in [0.15, 0.2) is 66.3 Å². The van der Waals surface area contributed by atoms with Crippen LogP contribution in [0.25, 0.3) is 21.8 Å². The second-order valence-corrected chi connectivity index (χ2v) is 8.23. The topological polar surface area (TPSA) is 88.6 Å². The lowest BCUT2D eigenvalue weighted by molar-refractivity contribution is 0.0978. The van der Waals surface area contributed by atoms with Crippen LogP contribution < -0.4 is 0 Å². The summed E-state index contributed by atoms with van der Waals surface area (Å²) >= 11 is 1.54. The van der Waals surface area contributed by atoms with Crippen molar-refractivity contribution in [3.8, 4) is 0 Å². The number of carbonyl (C=O) groups is 2. The highest BCUT2D eigenvalue weighted by molar-refractivity contribution is 7.09. The number of nitrogens with one attached hydrogen (secondary N) is 1. The van der Waals surface area contributed by atoms with Crippen LogP contribution in [0.2, 0.25) is 0 Å². The van der Waals surface area contributed by atoms with Crippen LogP contribution >= 0.6 is 11.3 Å². The predicted molar refractivity (Wildman–Crippen MR) is 121 cm³/mol. The van der Waals surface area contributed by atoms with Crippen LogP contribution in [0, 0.1) is 0 Å². The fraction of sp³-hybridized carbons (Fsp3) is 0.125. The number of ketones is 2. The number of hydrogen-bond acceptors (Lipinski definition) is 6. The zero-order valence-corrected chi connectivity index (χ0v) is 17.4. The molecule has 7 heteroatoms. The number of rotatable bonds is 7. The Morgan fingerprint density at radius 1 is 0.968 bits per heavy atom. The molecule has 0 aliphatic carbocycles. The Morgan fingerprint density at radius 3 is 2.68 bits per heavy atom. The van der Waals surface area contributed by atoms with E-state index in [1.165, 1.54) is 0 Å². The number of para-hydroxylation sites is 1. The van der Waals surface area contributed by atoms with Gasteiger partial charge in [0.25, 0.3) is 0 Å². The van der Waals surface area contributed by atoms with Crippen molar-refractivity contribution in [2.45, 2.75) is 19.3 Å². The first-order chi connectivity index (χ1) is 15.2. The van der Waals surface area contributed by atoms with Gasteiger partial charge in [-0.05, 0) is 23.6 Å². The fourth-order valence-electron chi connectivity index (χ4n) is 3.60. The van der Waals surface area contributed by atoms with Gasteiger partial charge in [-0.3, -0.25) is 14.6 Å². The molecule has 152 valence electrons. The molecule has 0 radical (unpaired) electrons. The first kappa shape index (κ1) is 19.3. The van der Waals surface area contributed by atoms with Crippen LogP contribution in [0.1, 0.15) is 38.1 Å². The van der Waals surface area contributed by atoms with E-state index in [9.17, 15) is 9.59 Å². The van der Waals surface area contributed by atoms with Gasteiger partial charge in [-0.15, -0.1) is 11.3 Å². The molecule has 0 spiro atoms. The van der Waals surface area contributed by atoms with Gasteiger partial charge in [-0.25, -0.2) is 9.97 Å². The molecule has 0 unspecified atom stereocenters. The molecule has 1 N–H and O–H groups in total. The molecule has 3 heterocycles. The largest absolute Gasteiger partial charge is 0.342 e. The van der Waals surface area contributed by atoms with E-state index >= 15 is 0 Å². The number of aromatic nitrogens is 4. The molecule has 0 aliphatic rings. The second kappa shape index (κ2) is 8.20. The average Bonchev–Trinajstić information content (AvgIpc) is 3.46. The number of imidazole rings is 1. The van der Waals surface area contributed by atoms with E-state index in [1.54, 1.807) is 35.9 Å². The third-order valence-corrected chi connectivity index (χ3v) is 6.00. The standard InChI is InChI=1S/C24H18N4O2S/c29-20(8-9-23-25-10-11-31-23)17-6-3-7-18-24(17)28-22(27-18)13-21(30)19-12-15-4-1-2-5-16(15)14-26-19/h1-7,10-12,14H,8-9,13H2,(H,27,28). The highest BCUT2D eigenvalue weighted by atomic mass is 32.1. The minimum Gasteiger partial charge on any atom is -0.342 e. The van der Waals surface area contributed by atoms with Gasteiger partial charge in [0, 0.05) is 41.6 Å². The maximum atomic E-state index is 12.8. The highest BCUT2D eigenvalue weighted by Gasteiger charge is 2.17. The van der Waals surface area contributed by atoms with Crippen LogP contribution in [0.5, 0.6) is 0 Å². The molecule has 0 saturated heterocycles.